The largest absolute Gasteiger partial charge is 0.301 e. The van der Waals surface area contributed by atoms with E-state index in [2.05, 4.69) is 4.72 Å². The first-order valence-electron chi connectivity index (χ1n) is 9.32. The smallest absolute Gasteiger partial charge is 0.271 e. The summed E-state index contributed by atoms with van der Waals surface area (Å²) in [6, 6.07) is 5.73. The van der Waals surface area contributed by atoms with Gasteiger partial charge in [0.05, 0.1) is 4.90 Å². The van der Waals surface area contributed by atoms with Crippen LogP contribution in [0.15, 0.2) is 29.2 Å². The molecule has 0 aromatic heterocycles. The van der Waals surface area contributed by atoms with E-state index in [1.54, 1.807) is 7.05 Å². The van der Waals surface area contributed by atoms with Crippen LogP contribution in [0.5, 0.6) is 0 Å². The Labute approximate surface area is 164 Å². The number of nitrogens with one attached hydrogen (secondary N) is 1. The molecule has 0 heterocycles. The molecule has 1 fully saturated rings. The number of anilines is 1. The first kappa shape index (κ1) is 22.1. The molecule has 7 nitrogen and oxygen atoms in total. The van der Waals surface area contributed by atoms with Crippen LogP contribution in [0, 0.1) is 5.92 Å². The van der Waals surface area contributed by atoms with Gasteiger partial charge < -0.3 is 0 Å². The van der Waals surface area contributed by atoms with E-state index in [9.17, 15) is 16.8 Å². The molecule has 1 aliphatic carbocycles. The van der Waals surface area contributed by atoms with Gasteiger partial charge in [0.25, 0.3) is 0 Å². The lowest BCUT2D eigenvalue weighted by molar-refractivity contribution is 0.267. The number of benzene rings is 1. The number of hydrogen-bond donors (Lipinski definition) is 1. The highest BCUT2D eigenvalue weighted by atomic mass is 32.2. The maximum atomic E-state index is 12.9. The van der Waals surface area contributed by atoms with Crippen molar-refractivity contribution in [2.45, 2.75) is 56.4 Å². The van der Waals surface area contributed by atoms with Gasteiger partial charge in [-0.2, -0.15) is 17.0 Å². The Kier molecular flexibility index (Phi) is 7.29. The van der Waals surface area contributed by atoms with Gasteiger partial charge >= 0.3 is 10.2 Å². The second-order valence-electron chi connectivity index (χ2n) is 7.52. The van der Waals surface area contributed by atoms with E-state index < -0.39 is 20.2 Å². The number of sulfonamides is 1. The van der Waals surface area contributed by atoms with Crippen molar-refractivity contribution in [1.29, 1.82) is 0 Å². The van der Waals surface area contributed by atoms with E-state index in [1.807, 2.05) is 6.92 Å². The summed E-state index contributed by atoms with van der Waals surface area (Å²) < 4.78 is 54.4. The second-order valence-corrected chi connectivity index (χ2v) is 11.4. The fraction of sp³-hybridized carbons (Fsp3) is 0.667. The molecule has 1 atom stereocenters. The zero-order valence-corrected chi connectivity index (χ0v) is 18.2. The highest BCUT2D eigenvalue weighted by molar-refractivity contribution is 7.90. The van der Waals surface area contributed by atoms with E-state index in [4.69, 9.17) is 0 Å². The van der Waals surface area contributed by atoms with Gasteiger partial charge in [0.15, 0.2) is 0 Å². The first-order valence-corrected chi connectivity index (χ1v) is 12.2. The van der Waals surface area contributed by atoms with Crippen LogP contribution in [0.2, 0.25) is 0 Å². The van der Waals surface area contributed by atoms with Crippen LogP contribution in [0.4, 0.5) is 5.69 Å². The lowest BCUT2D eigenvalue weighted by Gasteiger charge is -2.29. The predicted molar refractivity (Wildman–Crippen MR) is 108 cm³/mol. The Balaban J connectivity index is 2.08. The molecule has 9 heteroatoms. The standard InChI is InChI=1S/C18H31N3O4S2/c1-15(14-16-8-6-5-7-9-16)21(4)26(22,23)18-12-10-17(11-13-18)19-27(24,25)20(2)3/h10-13,15-16,19H,5-9,14H2,1-4H3/t15-/m1/s1. The molecule has 0 radical (unpaired) electrons. The Morgan fingerprint density at radius 3 is 2.07 bits per heavy atom. The summed E-state index contributed by atoms with van der Waals surface area (Å²) in [4.78, 5) is 0.160. The Hall–Kier alpha value is -1.16. The third-order valence-corrected chi connectivity index (χ3v) is 8.72. The Bertz CT molecular complexity index is 815. The molecule has 0 saturated heterocycles. The van der Waals surface area contributed by atoms with Crippen LogP contribution in [0.25, 0.3) is 0 Å². The quantitative estimate of drug-likeness (QED) is 0.705. The van der Waals surface area contributed by atoms with Crippen LogP contribution >= 0.6 is 0 Å². The van der Waals surface area contributed by atoms with Crippen molar-refractivity contribution in [3.63, 3.8) is 0 Å². The van der Waals surface area contributed by atoms with Gasteiger partial charge in [-0.15, -0.1) is 0 Å². The first-order chi connectivity index (χ1) is 12.5. The molecule has 0 bridgehead atoms. The minimum atomic E-state index is -3.62. The van der Waals surface area contributed by atoms with Gasteiger partial charge in [0.2, 0.25) is 10.0 Å². The maximum Gasteiger partial charge on any atom is 0.301 e. The Morgan fingerprint density at radius 2 is 1.56 bits per heavy atom. The van der Waals surface area contributed by atoms with Crippen molar-refractivity contribution >= 4 is 25.9 Å². The average Bonchev–Trinajstić information content (AvgIpc) is 2.61. The highest BCUT2D eigenvalue weighted by Crippen LogP contribution is 2.30. The monoisotopic (exact) mass is 417 g/mol. The van der Waals surface area contributed by atoms with Crippen molar-refractivity contribution in [2.75, 3.05) is 25.9 Å². The van der Waals surface area contributed by atoms with Gasteiger partial charge in [-0.05, 0) is 43.5 Å². The SMILES string of the molecule is C[C@H](CC1CCCCC1)N(C)S(=O)(=O)c1ccc(NS(=O)(=O)N(C)C)cc1. The summed E-state index contributed by atoms with van der Waals surface area (Å²) in [6.07, 6.45) is 6.98. The van der Waals surface area contributed by atoms with E-state index in [0.717, 1.165) is 10.7 Å². The van der Waals surface area contributed by atoms with Crippen molar-refractivity contribution in [3.8, 4) is 0 Å². The zero-order valence-electron chi connectivity index (χ0n) is 16.6. The second kappa shape index (κ2) is 8.89. The maximum absolute atomic E-state index is 12.9. The molecule has 0 amide bonds. The van der Waals surface area contributed by atoms with Crippen LogP contribution in [0.1, 0.15) is 45.4 Å². The summed E-state index contributed by atoms with van der Waals surface area (Å²) >= 11 is 0. The highest BCUT2D eigenvalue weighted by Gasteiger charge is 2.28. The van der Waals surface area contributed by atoms with E-state index in [0.29, 0.717) is 11.6 Å². The lowest BCUT2D eigenvalue weighted by Crippen LogP contribution is -2.36. The van der Waals surface area contributed by atoms with Gasteiger partial charge in [-0.25, -0.2) is 8.42 Å². The van der Waals surface area contributed by atoms with Gasteiger partial charge in [0.1, 0.15) is 0 Å². The molecule has 1 N–H and O–H groups in total. The van der Waals surface area contributed by atoms with E-state index >= 15 is 0 Å². The van der Waals surface area contributed by atoms with Crippen molar-refractivity contribution in [1.82, 2.24) is 8.61 Å². The van der Waals surface area contributed by atoms with E-state index in [1.165, 1.54) is 74.8 Å². The normalized spacial score (nSPS) is 18.0. The van der Waals surface area contributed by atoms with Crippen LogP contribution in [-0.4, -0.2) is 52.6 Å². The van der Waals surface area contributed by atoms with Crippen LogP contribution < -0.4 is 4.72 Å². The molecule has 2 rings (SSSR count). The predicted octanol–water partition coefficient (Wildman–Crippen LogP) is 2.88. The summed E-state index contributed by atoms with van der Waals surface area (Å²) in [5.74, 6) is 0.592. The minimum Gasteiger partial charge on any atom is -0.271 e. The molecule has 1 aromatic carbocycles. The van der Waals surface area contributed by atoms with Crippen LogP contribution in [0.3, 0.4) is 0 Å². The minimum absolute atomic E-state index is 0.0787. The molecule has 0 unspecified atom stereocenters. The van der Waals surface area contributed by atoms with Gasteiger partial charge in [-0.3, -0.25) is 4.72 Å². The van der Waals surface area contributed by atoms with Crippen molar-refractivity contribution in [3.05, 3.63) is 24.3 Å². The molecule has 27 heavy (non-hydrogen) atoms. The van der Waals surface area contributed by atoms with Gasteiger partial charge in [-0.1, -0.05) is 32.1 Å². The number of nitrogens with zero attached hydrogens (tertiary/aromatic N) is 2. The van der Waals surface area contributed by atoms with Crippen molar-refractivity contribution < 1.29 is 16.8 Å². The van der Waals surface area contributed by atoms with Crippen LogP contribution in [-0.2, 0) is 20.2 Å². The molecule has 0 aliphatic heterocycles. The fourth-order valence-corrected chi connectivity index (χ4v) is 5.38. The summed E-state index contributed by atoms with van der Waals surface area (Å²) in [5, 5.41) is 0. The zero-order chi connectivity index (χ0) is 20.2. The summed E-state index contributed by atoms with van der Waals surface area (Å²) in [6.45, 7) is 1.95. The third-order valence-electron chi connectivity index (χ3n) is 5.28. The van der Waals surface area contributed by atoms with Crippen molar-refractivity contribution in [2.24, 2.45) is 5.92 Å². The topological polar surface area (TPSA) is 86.8 Å². The third kappa shape index (κ3) is 5.66. The molecule has 0 spiro atoms. The number of rotatable bonds is 8. The molecule has 1 saturated carbocycles. The average molecular weight is 418 g/mol. The molecular weight excluding hydrogens is 386 g/mol. The number of hydrogen-bond acceptors (Lipinski definition) is 4. The molecule has 1 aromatic rings. The lowest BCUT2D eigenvalue weighted by atomic mass is 9.85. The fourth-order valence-electron chi connectivity index (χ4n) is 3.39. The molecular formula is C18H31N3O4S2. The summed E-state index contributed by atoms with van der Waals surface area (Å²) in [5.41, 5.74) is 0.320. The molecule has 154 valence electrons. The van der Waals surface area contributed by atoms with Gasteiger partial charge in [0, 0.05) is 32.9 Å². The summed E-state index contributed by atoms with van der Waals surface area (Å²) in [7, 11) is -2.78. The van der Waals surface area contributed by atoms with E-state index in [-0.39, 0.29) is 10.9 Å². The molecule has 1 aliphatic rings. The Morgan fingerprint density at radius 1 is 1.00 bits per heavy atom.